The normalized spacial score (nSPS) is 12.0. The summed E-state index contributed by atoms with van der Waals surface area (Å²) in [6.07, 6.45) is 0.0217. The van der Waals surface area contributed by atoms with Gasteiger partial charge in [0.15, 0.2) is 6.04 Å². The number of ether oxygens (including phenoxy) is 1. The topological polar surface area (TPSA) is 81.8 Å². The minimum absolute atomic E-state index is 0.0217. The van der Waals surface area contributed by atoms with Crippen LogP contribution in [0.5, 0.6) is 0 Å². The van der Waals surface area contributed by atoms with Crippen LogP contribution >= 0.6 is 15.9 Å². The number of halogens is 1. The molecule has 3 aromatic carbocycles. The zero-order valence-electron chi connectivity index (χ0n) is 18.7. The molecule has 6 nitrogen and oxygen atoms in total. The number of esters is 1. The van der Waals surface area contributed by atoms with Crippen molar-refractivity contribution in [1.29, 1.82) is 0 Å². The summed E-state index contributed by atoms with van der Waals surface area (Å²) in [4.78, 5) is 29.3. The fourth-order valence-electron chi connectivity index (χ4n) is 3.35. The fraction of sp³-hybridized carbons (Fsp3) is 0.231. The first-order valence-corrected chi connectivity index (χ1v) is 11.3. The van der Waals surface area contributed by atoms with Gasteiger partial charge in [-0.3, -0.25) is 15.1 Å². The number of carbonyl (C=O) groups excluding carboxylic acids is 1. The minimum atomic E-state index is -0.979. The molecule has 0 aromatic heterocycles. The van der Waals surface area contributed by atoms with Crippen LogP contribution in [0.25, 0.3) is 0 Å². The molecule has 0 saturated heterocycles. The van der Waals surface area contributed by atoms with Gasteiger partial charge in [0.2, 0.25) is 0 Å². The largest absolute Gasteiger partial charge is 0.458 e. The lowest BCUT2D eigenvalue weighted by molar-refractivity contribution is -0.386. The lowest BCUT2D eigenvalue weighted by atomic mass is 10.00. The second-order valence-corrected chi connectivity index (χ2v) is 9.32. The first-order chi connectivity index (χ1) is 15.7. The number of aliphatic imine (C=N–C) groups is 1. The number of rotatable bonds is 7. The van der Waals surface area contributed by atoms with E-state index in [0.29, 0.717) is 15.7 Å². The molecule has 0 fully saturated rings. The third-order valence-corrected chi connectivity index (χ3v) is 5.36. The predicted octanol–water partition coefficient (Wildman–Crippen LogP) is 6.15. The van der Waals surface area contributed by atoms with E-state index in [2.05, 4.69) is 15.9 Å². The Hall–Kier alpha value is -3.32. The molecule has 0 spiro atoms. The SMILES string of the molecule is CC(C)(C)OC(=O)[C@H](Cc1cccc(Br)c1[N+](=O)[O-])N=C(c1ccccc1)c1ccccc1. The van der Waals surface area contributed by atoms with Crippen molar-refractivity contribution in [3.05, 3.63) is 110 Å². The van der Waals surface area contributed by atoms with Crippen molar-refractivity contribution in [3.8, 4) is 0 Å². The van der Waals surface area contributed by atoms with E-state index in [1.165, 1.54) is 0 Å². The predicted molar refractivity (Wildman–Crippen MR) is 133 cm³/mol. The third-order valence-electron chi connectivity index (χ3n) is 4.72. The highest BCUT2D eigenvalue weighted by molar-refractivity contribution is 9.10. The van der Waals surface area contributed by atoms with E-state index in [1.807, 2.05) is 60.7 Å². The Bertz CT molecular complexity index is 1110. The Morgan fingerprint density at radius 3 is 2.00 bits per heavy atom. The van der Waals surface area contributed by atoms with E-state index in [-0.39, 0.29) is 12.1 Å². The first-order valence-electron chi connectivity index (χ1n) is 10.5. The molecule has 0 saturated carbocycles. The molecule has 0 heterocycles. The standard InChI is InChI=1S/C26H25BrN2O4/c1-26(2,3)33-25(30)22(17-20-15-10-16-21(27)24(20)29(31)32)28-23(18-11-6-4-7-12-18)19-13-8-5-9-14-19/h4-16,22H,17H2,1-3H3/t22-/m0/s1. The molecule has 3 aromatic rings. The summed E-state index contributed by atoms with van der Waals surface area (Å²) in [6, 6.07) is 23.0. The van der Waals surface area contributed by atoms with Gasteiger partial charge in [-0.15, -0.1) is 0 Å². The molecule has 0 N–H and O–H groups in total. The van der Waals surface area contributed by atoms with E-state index in [4.69, 9.17) is 9.73 Å². The molecule has 0 aliphatic rings. The Balaban J connectivity index is 2.14. The average Bonchev–Trinajstić information content (AvgIpc) is 2.76. The summed E-state index contributed by atoms with van der Waals surface area (Å²) in [5, 5.41) is 11.7. The highest BCUT2D eigenvalue weighted by Gasteiger charge is 2.29. The van der Waals surface area contributed by atoms with Gasteiger partial charge in [0, 0.05) is 23.1 Å². The van der Waals surface area contributed by atoms with Crippen LogP contribution in [0.2, 0.25) is 0 Å². The summed E-state index contributed by atoms with van der Waals surface area (Å²) in [6.45, 7) is 5.34. The molecule has 0 aliphatic carbocycles. The van der Waals surface area contributed by atoms with Gasteiger partial charge in [0.25, 0.3) is 5.69 Å². The smallest absolute Gasteiger partial charge is 0.331 e. The number of nitro benzene ring substituents is 1. The van der Waals surface area contributed by atoms with Crippen LogP contribution < -0.4 is 0 Å². The number of carbonyl (C=O) groups is 1. The molecule has 0 bridgehead atoms. The lowest BCUT2D eigenvalue weighted by Crippen LogP contribution is -2.33. The third kappa shape index (κ3) is 6.58. The van der Waals surface area contributed by atoms with Crippen LogP contribution in [0.1, 0.15) is 37.5 Å². The summed E-state index contributed by atoms with van der Waals surface area (Å²) in [7, 11) is 0. The number of benzene rings is 3. The van der Waals surface area contributed by atoms with E-state index in [0.717, 1.165) is 11.1 Å². The Morgan fingerprint density at radius 2 is 1.52 bits per heavy atom. The zero-order valence-corrected chi connectivity index (χ0v) is 20.3. The van der Waals surface area contributed by atoms with Crippen molar-refractivity contribution >= 4 is 33.3 Å². The average molecular weight is 509 g/mol. The minimum Gasteiger partial charge on any atom is -0.458 e. The Kier molecular flexibility index (Phi) is 7.76. The van der Waals surface area contributed by atoms with Crippen molar-refractivity contribution in [2.45, 2.75) is 38.8 Å². The quantitative estimate of drug-likeness (QED) is 0.166. The Labute approximate surface area is 201 Å². The molecule has 3 rings (SSSR count). The van der Waals surface area contributed by atoms with Crippen LogP contribution in [0.15, 0.2) is 88.3 Å². The molecule has 0 radical (unpaired) electrons. The molecule has 170 valence electrons. The zero-order chi connectivity index (χ0) is 24.0. The summed E-state index contributed by atoms with van der Waals surface area (Å²) < 4.78 is 6.00. The molecular weight excluding hydrogens is 484 g/mol. The molecule has 0 amide bonds. The maximum Gasteiger partial charge on any atom is 0.331 e. The molecule has 7 heteroatoms. The lowest BCUT2D eigenvalue weighted by Gasteiger charge is -2.23. The molecular formula is C26H25BrN2O4. The number of para-hydroxylation sites is 1. The van der Waals surface area contributed by atoms with E-state index in [9.17, 15) is 14.9 Å². The van der Waals surface area contributed by atoms with Crippen molar-refractivity contribution < 1.29 is 14.5 Å². The molecule has 33 heavy (non-hydrogen) atoms. The van der Waals surface area contributed by atoms with Gasteiger partial charge >= 0.3 is 5.97 Å². The van der Waals surface area contributed by atoms with Crippen molar-refractivity contribution in [3.63, 3.8) is 0 Å². The van der Waals surface area contributed by atoms with Gasteiger partial charge in [0.1, 0.15) is 5.60 Å². The second kappa shape index (κ2) is 10.5. The Morgan fingerprint density at radius 1 is 0.970 bits per heavy atom. The van der Waals surface area contributed by atoms with Gasteiger partial charge in [-0.25, -0.2) is 4.79 Å². The molecule has 1 atom stereocenters. The molecule has 0 unspecified atom stereocenters. The van der Waals surface area contributed by atoms with Gasteiger partial charge in [-0.2, -0.15) is 0 Å². The highest BCUT2D eigenvalue weighted by atomic mass is 79.9. The van der Waals surface area contributed by atoms with Crippen molar-refractivity contribution in [2.24, 2.45) is 4.99 Å². The van der Waals surface area contributed by atoms with Gasteiger partial charge in [-0.05, 0) is 42.8 Å². The van der Waals surface area contributed by atoms with Crippen molar-refractivity contribution in [2.75, 3.05) is 0 Å². The monoisotopic (exact) mass is 508 g/mol. The molecule has 0 aliphatic heterocycles. The van der Waals surface area contributed by atoms with Gasteiger partial charge in [0.05, 0.1) is 15.1 Å². The highest BCUT2D eigenvalue weighted by Crippen LogP contribution is 2.30. The van der Waals surface area contributed by atoms with Gasteiger partial charge in [-0.1, -0.05) is 72.8 Å². The number of hydrogen-bond donors (Lipinski definition) is 0. The summed E-state index contributed by atoms with van der Waals surface area (Å²) in [5.41, 5.74) is 1.87. The number of nitro groups is 1. The first kappa shape index (κ1) is 24.3. The maximum atomic E-state index is 13.2. The van der Waals surface area contributed by atoms with Crippen LogP contribution in [0.3, 0.4) is 0 Å². The van der Waals surface area contributed by atoms with E-state index < -0.39 is 22.5 Å². The van der Waals surface area contributed by atoms with Gasteiger partial charge < -0.3 is 4.74 Å². The summed E-state index contributed by atoms with van der Waals surface area (Å²) >= 11 is 3.25. The van der Waals surface area contributed by atoms with Crippen LogP contribution in [0.4, 0.5) is 5.69 Å². The van der Waals surface area contributed by atoms with E-state index >= 15 is 0 Å². The second-order valence-electron chi connectivity index (χ2n) is 8.47. The van der Waals surface area contributed by atoms with Crippen LogP contribution in [-0.4, -0.2) is 28.2 Å². The van der Waals surface area contributed by atoms with E-state index in [1.54, 1.807) is 39.0 Å². The number of hydrogen-bond acceptors (Lipinski definition) is 5. The van der Waals surface area contributed by atoms with Crippen LogP contribution in [-0.2, 0) is 16.0 Å². The number of nitrogens with zero attached hydrogens (tertiary/aromatic N) is 2. The maximum absolute atomic E-state index is 13.2. The summed E-state index contributed by atoms with van der Waals surface area (Å²) in [5.74, 6) is -0.541. The fourth-order valence-corrected chi connectivity index (χ4v) is 3.90. The van der Waals surface area contributed by atoms with Crippen LogP contribution in [0, 0.1) is 10.1 Å². The van der Waals surface area contributed by atoms with Crippen molar-refractivity contribution in [1.82, 2.24) is 0 Å².